The van der Waals surface area contributed by atoms with Crippen LogP contribution in [0.25, 0.3) is 0 Å². The molecule has 0 heterocycles. The molecule has 0 N–H and O–H groups in total. The Kier molecular flexibility index (Phi) is 7.22. The van der Waals surface area contributed by atoms with Crippen molar-refractivity contribution < 1.29 is 32.2 Å². The molecule has 0 bridgehead atoms. The number of Topliss-reactive ketones (excluding diaryl/α,β-unsaturated/α-hetero) is 1. The first-order valence-corrected chi connectivity index (χ1v) is 10.5. The number of hydrogen-bond acceptors (Lipinski definition) is 7. The highest BCUT2D eigenvalue weighted by Crippen LogP contribution is 2.27. The minimum Gasteiger partial charge on any atom is -0.493 e. The maximum Gasteiger partial charge on any atom is 0.327 e. The third kappa shape index (κ3) is 5.71. The second-order valence-corrected chi connectivity index (χ2v) is 8.12. The molecule has 0 radical (unpaired) electrons. The lowest BCUT2D eigenvalue weighted by Gasteiger charge is -2.23. The van der Waals surface area contributed by atoms with Gasteiger partial charge < -0.3 is 14.2 Å². The van der Waals surface area contributed by atoms with Gasteiger partial charge in [0, 0.05) is 5.56 Å². The number of rotatable bonds is 9. The number of para-hydroxylation sites is 1. The lowest BCUT2D eigenvalue weighted by atomic mass is 10.1. The van der Waals surface area contributed by atoms with Gasteiger partial charge in [0.1, 0.15) is 6.54 Å². The van der Waals surface area contributed by atoms with Crippen LogP contribution in [0.3, 0.4) is 0 Å². The average molecular weight is 421 g/mol. The fourth-order valence-corrected chi connectivity index (χ4v) is 3.53. The first-order chi connectivity index (χ1) is 13.7. The molecule has 0 aromatic heterocycles. The van der Waals surface area contributed by atoms with Gasteiger partial charge in [0.25, 0.3) is 0 Å². The molecule has 0 fully saturated rings. The molecule has 0 aliphatic carbocycles. The Hall–Kier alpha value is -3.07. The third-order valence-corrected chi connectivity index (χ3v) is 5.25. The molecule has 29 heavy (non-hydrogen) atoms. The van der Waals surface area contributed by atoms with E-state index < -0.39 is 34.9 Å². The van der Waals surface area contributed by atoms with Crippen LogP contribution in [-0.2, 0) is 19.6 Å². The summed E-state index contributed by atoms with van der Waals surface area (Å²) in [6, 6.07) is 11.3. The van der Waals surface area contributed by atoms with Crippen LogP contribution in [0.5, 0.6) is 11.5 Å². The van der Waals surface area contributed by atoms with Crippen molar-refractivity contribution in [3.05, 3.63) is 53.6 Å². The number of nitrogens with zero attached hydrogens (tertiary/aromatic N) is 1. The molecule has 9 heteroatoms. The van der Waals surface area contributed by atoms with Gasteiger partial charge >= 0.3 is 5.97 Å². The van der Waals surface area contributed by atoms with Gasteiger partial charge in [-0.2, -0.15) is 0 Å². The van der Waals surface area contributed by atoms with E-state index in [-0.39, 0.29) is 5.56 Å². The van der Waals surface area contributed by atoms with Crippen LogP contribution in [0.2, 0.25) is 0 Å². The maximum atomic E-state index is 12.3. The molecule has 0 saturated heterocycles. The van der Waals surface area contributed by atoms with Crippen molar-refractivity contribution >= 4 is 27.5 Å². The third-order valence-electron chi connectivity index (χ3n) is 4.13. The van der Waals surface area contributed by atoms with Crippen molar-refractivity contribution in [2.75, 3.05) is 37.9 Å². The Morgan fingerprint density at radius 2 is 1.66 bits per heavy atom. The van der Waals surface area contributed by atoms with Crippen molar-refractivity contribution in [3.63, 3.8) is 0 Å². The Bertz CT molecular complexity index is 1000. The van der Waals surface area contributed by atoms with E-state index in [9.17, 15) is 18.0 Å². The van der Waals surface area contributed by atoms with Crippen molar-refractivity contribution in [2.45, 2.75) is 6.92 Å². The van der Waals surface area contributed by atoms with Gasteiger partial charge in [-0.05, 0) is 36.8 Å². The number of ether oxygens (including phenoxy) is 3. The van der Waals surface area contributed by atoms with Crippen LogP contribution in [0.4, 0.5) is 5.69 Å². The summed E-state index contributed by atoms with van der Waals surface area (Å²) in [6.45, 7) is 0.669. The summed E-state index contributed by atoms with van der Waals surface area (Å²) in [7, 11) is -0.809. The fourth-order valence-electron chi connectivity index (χ4n) is 2.63. The summed E-state index contributed by atoms with van der Waals surface area (Å²) in [5, 5.41) is 0. The lowest BCUT2D eigenvalue weighted by Crippen LogP contribution is -2.36. The number of esters is 1. The van der Waals surface area contributed by atoms with E-state index in [1.807, 2.05) is 0 Å². The molecule has 156 valence electrons. The van der Waals surface area contributed by atoms with Crippen LogP contribution in [0, 0.1) is 6.92 Å². The van der Waals surface area contributed by atoms with E-state index >= 15 is 0 Å². The number of ketones is 1. The van der Waals surface area contributed by atoms with Gasteiger partial charge in [-0.3, -0.25) is 13.9 Å². The quantitative estimate of drug-likeness (QED) is 0.452. The number of anilines is 1. The van der Waals surface area contributed by atoms with Crippen molar-refractivity contribution in [1.82, 2.24) is 0 Å². The predicted molar refractivity (Wildman–Crippen MR) is 108 cm³/mol. The number of sulfonamides is 1. The molecule has 0 spiro atoms. The number of methoxy groups -OCH3 is 2. The van der Waals surface area contributed by atoms with E-state index in [2.05, 4.69) is 0 Å². The molecular formula is C20H23NO7S. The molecule has 2 rings (SSSR count). The molecule has 0 unspecified atom stereocenters. The van der Waals surface area contributed by atoms with E-state index in [4.69, 9.17) is 14.2 Å². The van der Waals surface area contributed by atoms with E-state index in [1.54, 1.807) is 37.3 Å². The van der Waals surface area contributed by atoms with Crippen LogP contribution >= 0.6 is 0 Å². The van der Waals surface area contributed by atoms with Crippen molar-refractivity contribution in [3.8, 4) is 11.5 Å². The topological polar surface area (TPSA) is 99.2 Å². The largest absolute Gasteiger partial charge is 0.493 e. The Balaban J connectivity index is 2.08. The Morgan fingerprint density at radius 3 is 2.24 bits per heavy atom. The summed E-state index contributed by atoms with van der Waals surface area (Å²) in [6.07, 6.45) is 1.00. The van der Waals surface area contributed by atoms with Gasteiger partial charge in [-0.15, -0.1) is 0 Å². The van der Waals surface area contributed by atoms with Gasteiger partial charge in [0.15, 0.2) is 23.9 Å². The maximum absolute atomic E-state index is 12.3. The fraction of sp³-hybridized carbons (Fsp3) is 0.300. The molecule has 0 saturated carbocycles. The second kappa shape index (κ2) is 9.42. The van der Waals surface area contributed by atoms with Gasteiger partial charge in [-0.1, -0.05) is 18.2 Å². The highest BCUT2D eigenvalue weighted by Gasteiger charge is 2.23. The van der Waals surface area contributed by atoms with Gasteiger partial charge in [-0.25, -0.2) is 8.42 Å². The van der Waals surface area contributed by atoms with E-state index in [1.165, 1.54) is 26.4 Å². The summed E-state index contributed by atoms with van der Waals surface area (Å²) in [4.78, 5) is 24.5. The predicted octanol–water partition coefficient (Wildman–Crippen LogP) is 2.20. The zero-order chi connectivity index (χ0) is 21.6. The smallest absolute Gasteiger partial charge is 0.327 e. The monoisotopic (exact) mass is 421 g/mol. The van der Waals surface area contributed by atoms with E-state index in [0.717, 1.165) is 10.6 Å². The number of carbonyl (C=O) groups is 2. The zero-order valence-corrected chi connectivity index (χ0v) is 17.5. The standard InChI is InChI=1S/C20H23NO7S/c1-14-7-5-6-8-16(14)21(29(4,24)25)12-20(23)28-13-17(22)15-9-10-18(26-2)19(11-15)27-3/h5-11H,12-13H2,1-4H3. The normalized spacial score (nSPS) is 10.9. The second-order valence-electron chi connectivity index (χ2n) is 6.21. The SMILES string of the molecule is COc1ccc(C(=O)COC(=O)CN(c2ccccc2C)S(C)(=O)=O)cc1OC. The number of benzene rings is 2. The molecule has 0 aliphatic heterocycles. The molecule has 8 nitrogen and oxygen atoms in total. The number of carbonyl (C=O) groups excluding carboxylic acids is 2. The van der Waals surface area contributed by atoms with Crippen LogP contribution in [-0.4, -0.2) is 53.8 Å². The lowest BCUT2D eigenvalue weighted by molar-refractivity contribution is -0.140. The van der Waals surface area contributed by atoms with Gasteiger partial charge in [0.2, 0.25) is 10.0 Å². The molecule has 2 aromatic rings. The summed E-state index contributed by atoms with van der Waals surface area (Å²) in [5.41, 5.74) is 1.33. The summed E-state index contributed by atoms with van der Waals surface area (Å²) >= 11 is 0. The number of aryl methyl sites for hydroxylation is 1. The Morgan fingerprint density at radius 1 is 1.00 bits per heavy atom. The number of hydrogen-bond donors (Lipinski definition) is 0. The van der Waals surface area contributed by atoms with E-state index in [0.29, 0.717) is 22.7 Å². The van der Waals surface area contributed by atoms with Crippen LogP contribution in [0.1, 0.15) is 15.9 Å². The van der Waals surface area contributed by atoms with Crippen LogP contribution in [0.15, 0.2) is 42.5 Å². The summed E-state index contributed by atoms with van der Waals surface area (Å²) < 4.78 is 40.5. The molecule has 0 atom stereocenters. The van der Waals surface area contributed by atoms with Crippen molar-refractivity contribution in [2.24, 2.45) is 0 Å². The minimum absolute atomic E-state index is 0.273. The van der Waals surface area contributed by atoms with Crippen LogP contribution < -0.4 is 13.8 Å². The molecule has 0 amide bonds. The minimum atomic E-state index is -3.73. The first kappa shape index (κ1) is 22.2. The molecule has 0 aliphatic rings. The average Bonchev–Trinajstić information content (AvgIpc) is 2.69. The highest BCUT2D eigenvalue weighted by molar-refractivity contribution is 7.92. The van der Waals surface area contributed by atoms with Gasteiger partial charge in [0.05, 0.1) is 26.2 Å². The Labute approximate surface area is 170 Å². The summed E-state index contributed by atoms with van der Waals surface area (Å²) in [5.74, 6) is -0.468. The first-order valence-electron chi connectivity index (χ1n) is 8.61. The zero-order valence-electron chi connectivity index (χ0n) is 16.7. The highest BCUT2D eigenvalue weighted by atomic mass is 32.2. The molecular weight excluding hydrogens is 398 g/mol. The van der Waals surface area contributed by atoms with Crippen molar-refractivity contribution in [1.29, 1.82) is 0 Å². The molecule has 2 aromatic carbocycles.